The van der Waals surface area contributed by atoms with Crippen LogP contribution in [-0.4, -0.2) is 17.7 Å². The molecule has 1 aromatic heterocycles. The van der Waals surface area contributed by atoms with Crippen molar-refractivity contribution in [3.63, 3.8) is 0 Å². The fourth-order valence-electron chi connectivity index (χ4n) is 3.79. The van der Waals surface area contributed by atoms with Crippen LogP contribution >= 0.6 is 11.3 Å². The van der Waals surface area contributed by atoms with Gasteiger partial charge in [0.05, 0.1) is 10.4 Å². The van der Waals surface area contributed by atoms with E-state index in [0.29, 0.717) is 21.8 Å². The van der Waals surface area contributed by atoms with Crippen molar-refractivity contribution in [3.05, 3.63) is 86.6 Å². The minimum atomic E-state index is -0.573. The smallest absolute Gasteiger partial charge is 0.279 e. The molecular formula is C25H25N3O4S. The maximum absolute atomic E-state index is 12.6. The Morgan fingerprint density at radius 1 is 0.909 bits per heavy atom. The first-order valence-electron chi connectivity index (χ1n) is 10.8. The van der Waals surface area contributed by atoms with Crippen LogP contribution in [0.5, 0.6) is 5.75 Å². The van der Waals surface area contributed by atoms with Crippen LogP contribution in [0.25, 0.3) is 0 Å². The molecule has 3 aromatic rings. The molecule has 0 saturated carbocycles. The van der Waals surface area contributed by atoms with Gasteiger partial charge in [0.25, 0.3) is 17.7 Å². The number of thiophene rings is 1. The summed E-state index contributed by atoms with van der Waals surface area (Å²) in [6.45, 7) is 0.151. The third kappa shape index (κ3) is 5.59. The van der Waals surface area contributed by atoms with Crippen LogP contribution in [0, 0.1) is 0 Å². The lowest BCUT2D eigenvalue weighted by Crippen LogP contribution is -2.41. The molecule has 2 aromatic carbocycles. The summed E-state index contributed by atoms with van der Waals surface area (Å²) in [7, 11) is 0. The summed E-state index contributed by atoms with van der Waals surface area (Å²) >= 11 is 1.50. The van der Waals surface area contributed by atoms with Crippen molar-refractivity contribution in [1.29, 1.82) is 0 Å². The molecule has 0 fully saturated rings. The highest BCUT2D eigenvalue weighted by Crippen LogP contribution is 2.28. The predicted molar refractivity (Wildman–Crippen MR) is 126 cm³/mol. The number of amides is 3. The number of aryl methyl sites for hydroxylation is 2. The molecule has 1 heterocycles. The Bertz CT molecular complexity index is 1160. The summed E-state index contributed by atoms with van der Waals surface area (Å²) in [6.07, 6.45) is 5.54. The van der Waals surface area contributed by atoms with E-state index in [-0.39, 0.29) is 12.5 Å². The number of ether oxygens (including phenoxy) is 1. The first-order chi connectivity index (χ1) is 16.0. The molecule has 4 rings (SSSR count). The van der Waals surface area contributed by atoms with Crippen LogP contribution in [0.3, 0.4) is 0 Å². The summed E-state index contributed by atoms with van der Waals surface area (Å²) in [6, 6.07) is 15.5. The molecule has 33 heavy (non-hydrogen) atoms. The van der Waals surface area contributed by atoms with Gasteiger partial charge in [0, 0.05) is 10.4 Å². The minimum Gasteiger partial charge on any atom is -0.488 e. The van der Waals surface area contributed by atoms with Gasteiger partial charge in [-0.3, -0.25) is 25.2 Å². The van der Waals surface area contributed by atoms with Crippen molar-refractivity contribution in [2.45, 2.75) is 38.7 Å². The van der Waals surface area contributed by atoms with Crippen molar-refractivity contribution >= 4 is 29.1 Å². The van der Waals surface area contributed by atoms with Crippen molar-refractivity contribution < 1.29 is 19.1 Å². The van der Waals surface area contributed by atoms with E-state index in [1.165, 1.54) is 28.2 Å². The Labute approximate surface area is 195 Å². The van der Waals surface area contributed by atoms with Gasteiger partial charge in [-0.25, -0.2) is 0 Å². The lowest BCUT2D eigenvalue weighted by molar-refractivity contribution is 0.0849. The van der Waals surface area contributed by atoms with Gasteiger partial charge < -0.3 is 10.5 Å². The maximum atomic E-state index is 12.6. The molecule has 0 aliphatic heterocycles. The Morgan fingerprint density at radius 3 is 2.55 bits per heavy atom. The van der Waals surface area contributed by atoms with Crippen LogP contribution in [0.4, 0.5) is 0 Å². The summed E-state index contributed by atoms with van der Waals surface area (Å²) in [5.41, 5.74) is 13.0. The second kappa shape index (κ2) is 10.3. The van der Waals surface area contributed by atoms with Gasteiger partial charge in [0.15, 0.2) is 0 Å². The normalized spacial score (nSPS) is 12.8. The largest absolute Gasteiger partial charge is 0.488 e. The number of primary amides is 1. The predicted octanol–water partition coefficient (Wildman–Crippen LogP) is 3.77. The second-order valence-electron chi connectivity index (χ2n) is 7.88. The SMILES string of the molecule is NC(=O)c1ccccc1OCc1cccc(C(=O)NNC(=O)c2cc3c(s2)CCCCC3)c1. The summed E-state index contributed by atoms with van der Waals surface area (Å²) in [4.78, 5) is 38.5. The number of hydrogen-bond acceptors (Lipinski definition) is 5. The number of hydrazine groups is 1. The Morgan fingerprint density at radius 2 is 1.70 bits per heavy atom. The van der Waals surface area contributed by atoms with E-state index in [1.54, 1.807) is 48.5 Å². The minimum absolute atomic E-state index is 0.151. The van der Waals surface area contributed by atoms with E-state index in [9.17, 15) is 14.4 Å². The molecule has 170 valence electrons. The first-order valence-corrected chi connectivity index (χ1v) is 11.7. The number of carbonyl (C=O) groups excluding carboxylic acids is 3. The van der Waals surface area contributed by atoms with Gasteiger partial charge in [-0.1, -0.05) is 30.7 Å². The zero-order valence-corrected chi connectivity index (χ0v) is 18.9. The Balaban J connectivity index is 1.35. The van der Waals surface area contributed by atoms with E-state index in [2.05, 4.69) is 10.9 Å². The molecule has 3 amide bonds. The molecule has 0 atom stereocenters. The molecule has 0 unspecified atom stereocenters. The molecule has 1 aliphatic rings. The molecule has 7 nitrogen and oxygen atoms in total. The lowest BCUT2D eigenvalue weighted by atomic mass is 10.1. The number of rotatable bonds is 6. The Kier molecular flexibility index (Phi) is 7.04. The highest BCUT2D eigenvalue weighted by molar-refractivity contribution is 7.14. The van der Waals surface area contributed by atoms with Crippen LogP contribution in [-0.2, 0) is 19.4 Å². The zero-order valence-electron chi connectivity index (χ0n) is 18.1. The van der Waals surface area contributed by atoms with Gasteiger partial charge in [-0.05, 0) is 67.1 Å². The maximum Gasteiger partial charge on any atom is 0.279 e. The summed E-state index contributed by atoms with van der Waals surface area (Å²) in [5.74, 6) is -0.942. The standard InChI is InChI=1S/C25H25N3O4S/c26-23(29)19-10-4-5-11-20(19)32-15-16-7-6-9-18(13-16)24(30)27-28-25(31)22-14-17-8-2-1-3-12-21(17)33-22/h4-7,9-11,13-14H,1-3,8,12,15H2,(H2,26,29)(H,27,30)(H,28,31). The molecule has 8 heteroatoms. The van der Waals surface area contributed by atoms with E-state index in [1.807, 2.05) is 6.07 Å². The lowest BCUT2D eigenvalue weighted by Gasteiger charge is -2.11. The summed E-state index contributed by atoms with van der Waals surface area (Å²) in [5, 5.41) is 0. The molecular weight excluding hydrogens is 438 g/mol. The second-order valence-corrected chi connectivity index (χ2v) is 9.01. The average Bonchev–Trinajstić information content (AvgIpc) is 3.11. The molecule has 4 N–H and O–H groups in total. The van der Waals surface area contributed by atoms with Crippen LogP contribution in [0.2, 0.25) is 0 Å². The molecule has 0 saturated heterocycles. The highest BCUT2D eigenvalue weighted by Gasteiger charge is 2.17. The van der Waals surface area contributed by atoms with Crippen molar-refractivity contribution in [2.75, 3.05) is 0 Å². The first kappa shape index (κ1) is 22.5. The number of fused-ring (bicyclic) bond motifs is 1. The average molecular weight is 464 g/mol. The van der Waals surface area contributed by atoms with Gasteiger partial charge >= 0.3 is 0 Å². The van der Waals surface area contributed by atoms with E-state index in [0.717, 1.165) is 31.2 Å². The van der Waals surface area contributed by atoms with Crippen molar-refractivity contribution in [2.24, 2.45) is 5.73 Å². The third-order valence-corrected chi connectivity index (χ3v) is 6.73. The fourth-order valence-corrected chi connectivity index (χ4v) is 4.93. The highest BCUT2D eigenvalue weighted by atomic mass is 32.1. The van der Waals surface area contributed by atoms with Gasteiger partial charge in [0.1, 0.15) is 12.4 Å². The molecule has 0 spiro atoms. The monoisotopic (exact) mass is 463 g/mol. The van der Waals surface area contributed by atoms with Gasteiger partial charge in [0.2, 0.25) is 0 Å². The number of benzene rings is 2. The van der Waals surface area contributed by atoms with E-state index in [4.69, 9.17) is 10.5 Å². The summed E-state index contributed by atoms with van der Waals surface area (Å²) < 4.78 is 5.72. The quantitative estimate of drug-likeness (QED) is 0.382. The Hall–Kier alpha value is -3.65. The van der Waals surface area contributed by atoms with Crippen LogP contribution in [0.1, 0.15) is 65.7 Å². The zero-order chi connectivity index (χ0) is 23.2. The van der Waals surface area contributed by atoms with Crippen molar-refractivity contribution in [1.82, 2.24) is 10.9 Å². The van der Waals surface area contributed by atoms with Gasteiger partial charge in [-0.2, -0.15) is 0 Å². The topological polar surface area (TPSA) is 111 Å². The number of nitrogens with one attached hydrogen (secondary N) is 2. The molecule has 0 radical (unpaired) electrons. The number of hydrogen-bond donors (Lipinski definition) is 3. The van der Waals surface area contributed by atoms with Crippen LogP contribution < -0.4 is 21.3 Å². The van der Waals surface area contributed by atoms with E-state index >= 15 is 0 Å². The van der Waals surface area contributed by atoms with Gasteiger partial charge in [-0.15, -0.1) is 11.3 Å². The third-order valence-electron chi connectivity index (χ3n) is 5.50. The molecule has 1 aliphatic carbocycles. The van der Waals surface area contributed by atoms with E-state index < -0.39 is 11.8 Å². The fraction of sp³-hybridized carbons (Fsp3) is 0.240. The van der Waals surface area contributed by atoms with Crippen molar-refractivity contribution in [3.8, 4) is 5.75 Å². The van der Waals surface area contributed by atoms with Crippen LogP contribution in [0.15, 0.2) is 54.6 Å². The number of para-hydroxylation sites is 1. The number of carbonyl (C=O) groups is 3. The number of nitrogens with two attached hydrogens (primary N) is 1. The molecule has 0 bridgehead atoms.